The molecule has 0 aliphatic rings. The van der Waals surface area contributed by atoms with Crippen LogP contribution in [-0.2, 0) is 6.42 Å². The molecular weight excluding hydrogens is 210 g/mol. The second-order valence-corrected chi connectivity index (χ2v) is 4.72. The first-order chi connectivity index (χ1) is 8.13. The summed E-state index contributed by atoms with van der Waals surface area (Å²) in [5, 5.41) is 2.28. The molecule has 0 unspecified atom stereocenters. The van der Waals surface area contributed by atoms with Gasteiger partial charge in [0.15, 0.2) is 0 Å². The first-order valence-electron chi connectivity index (χ1n) is 6.30. The number of allylic oxidation sites excluding steroid dienone is 1. The minimum absolute atomic E-state index is 0.629. The average molecular weight is 234 g/mol. The second-order valence-electron chi connectivity index (χ2n) is 4.72. The fraction of sp³-hybridized carbons (Fsp3) is 0.467. The highest BCUT2D eigenvalue weighted by Gasteiger charge is 2.03. The zero-order chi connectivity index (χ0) is 12.7. The molecule has 0 atom stereocenters. The van der Waals surface area contributed by atoms with Crippen LogP contribution in [0.1, 0.15) is 25.0 Å². The average Bonchev–Trinajstić information content (AvgIpc) is 2.27. The quantitative estimate of drug-likeness (QED) is 0.567. The standard InChI is InChI=1S/C15H23NO/c1-5-6-14-11-13(4)7-8-15(14)17-10-9-16-12(2)3/h5,7-8,11-12,16H,1,6,9-10H2,2-4H3/p+1. The molecule has 0 saturated carbocycles. The molecular formula is C15H24NO+. The fourth-order valence-corrected chi connectivity index (χ4v) is 1.73. The van der Waals surface area contributed by atoms with Crippen molar-refractivity contribution in [1.29, 1.82) is 0 Å². The van der Waals surface area contributed by atoms with Crippen molar-refractivity contribution in [1.82, 2.24) is 0 Å². The van der Waals surface area contributed by atoms with Crippen molar-refractivity contribution in [3.05, 3.63) is 42.0 Å². The molecule has 1 aromatic carbocycles. The molecule has 0 radical (unpaired) electrons. The Hall–Kier alpha value is -1.28. The van der Waals surface area contributed by atoms with Gasteiger partial charge in [-0.05, 0) is 38.8 Å². The van der Waals surface area contributed by atoms with Crippen molar-refractivity contribution in [2.24, 2.45) is 0 Å². The van der Waals surface area contributed by atoms with E-state index in [1.165, 1.54) is 11.1 Å². The lowest BCUT2D eigenvalue weighted by Gasteiger charge is -2.11. The summed E-state index contributed by atoms with van der Waals surface area (Å²) in [5.74, 6) is 0.993. The summed E-state index contributed by atoms with van der Waals surface area (Å²) in [7, 11) is 0. The maximum absolute atomic E-state index is 5.82. The summed E-state index contributed by atoms with van der Waals surface area (Å²) >= 11 is 0. The van der Waals surface area contributed by atoms with Crippen LogP contribution in [0.25, 0.3) is 0 Å². The van der Waals surface area contributed by atoms with Crippen LogP contribution in [0, 0.1) is 6.92 Å². The summed E-state index contributed by atoms with van der Waals surface area (Å²) in [6.45, 7) is 12.0. The number of quaternary nitrogens is 1. The van der Waals surface area contributed by atoms with E-state index in [9.17, 15) is 0 Å². The smallest absolute Gasteiger partial charge is 0.137 e. The molecule has 0 aliphatic carbocycles. The Labute approximate surface area is 105 Å². The summed E-state index contributed by atoms with van der Waals surface area (Å²) in [4.78, 5) is 0. The molecule has 2 nitrogen and oxygen atoms in total. The number of hydrogen-bond donors (Lipinski definition) is 1. The van der Waals surface area contributed by atoms with E-state index >= 15 is 0 Å². The van der Waals surface area contributed by atoms with Gasteiger partial charge in [-0.1, -0.05) is 23.8 Å². The zero-order valence-corrected chi connectivity index (χ0v) is 11.2. The van der Waals surface area contributed by atoms with E-state index in [0.29, 0.717) is 6.04 Å². The molecule has 0 aromatic heterocycles. The van der Waals surface area contributed by atoms with Crippen LogP contribution in [0.15, 0.2) is 30.9 Å². The monoisotopic (exact) mass is 234 g/mol. The third-order valence-electron chi connectivity index (χ3n) is 2.59. The Balaban J connectivity index is 2.54. The molecule has 2 heteroatoms. The number of nitrogens with two attached hydrogens (primary N) is 1. The van der Waals surface area contributed by atoms with Crippen molar-refractivity contribution in [2.75, 3.05) is 13.2 Å². The number of ether oxygens (including phenoxy) is 1. The van der Waals surface area contributed by atoms with E-state index in [-0.39, 0.29) is 0 Å². The topological polar surface area (TPSA) is 25.8 Å². The van der Waals surface area contributed by atoms with Gasteiger partial charge >= 0.3 is 0 Å². The fourth-order valence-electron chi connectivity index (χ4n) is 1.73. The summed E-state index contributed by atoms with van der Waals surface area (Å²) in [5.41, 5.74) is 2.49. The van der Waals surface area contributed by atoms with E-state index in [1.807, 2.05) is 6.08 Å². The minimum Gasteiger partial charge on any atom is -0.487 e. The molecule has 0 aliphatic heterocycles. The number of rotatable bonds is 7. The lowest BCUT2D eigenvalue weighted by atomic mass is 10.1. The van der Waals surface area contributed by atoms with Gasteiger partial charge in [-0.25, -0.2) is 0 Å². The summed E-state index contributed by atoms with van der Waals surface area (Å²) in [6, 6.07) is 6.95. The van der Waals surface area contributed by atoms with E-state index in [0.717, 1.165) is 25.3 Å². The van der Waals surface area contributed by atoms with Crippen molar-refractivity contribution >= 4 is 0 Å². The molecule has 94 valence electrons. The predicted octanol–water partition coefficient (Wildman–Crippen LogP) is 2.07. The van der Waals surface area contributed by atoms with Crippen molar-refractivity contribution in [2.45, 2.75) is 33.2 Å². The number of aryl methyl sites for hydroxylation is 1. The molecule has 0 heterocycles. The SMILES string of the molecule is C=CCc1cc(C)ccc1OCC[NH2+]C(C)C. The van der Waals surface area contributed by atoms with Gasteiger partial charge in [0.2, 0.25) is 0 Å². The summed E-state index contributed by atoms with van der Waals surface area (Å²) < 4.78 is 5.82. The van der Waals surface area contributed by atoms with Crippen LogP contribution in [0.2, 0.25) is 0 Å². The maximum Gasteiger partial charge on any atom is 0.137 e. The molecule has 17 heavy (non-hydrogen) atoms. The third kappa shape index (κ3) is 5.05. The van der Waals surface area contributed by atoms with Gasteiger partial charge < -0.3 is 10.1 Å². The predicted molar refractivity (Wildman–Crippen MR) is 72.5 cm³/mol. The van der Waals surface area contributed by atoms with Crippen LogP contribution in [0.4, 0.5) is 0 Å². The number of hydrogen-bond acceptors (Lipinski definition) is 1. The first kappa shape index (κ1) is 13.8. The van der Waals surface area contributed by atoms with Crippen molar-refractivity contribution < 1.29 is 10.1 Å². The van der Waals surface area contributed by atoms with E-state index in [1.54, 1.807) is 0 Å². The van der Waals surface area contributed by atoms with Gasteiger partial charge in [0.25, 0.3) is 0 Å². The highest BCUT2D eigenvalue weighted by atomic mass is 16.5. The van der Waals surface area contributed by atoms with Crippen molar-refractivity contribution in [3.8, 4) is 5.75 Å². The van der Waals surface area contributed by atoms with E-state index < -0.39 is 0 Å². The lowest BCUT2D eigenvalue weighted by molar-refractivity contribution is -0.683. The first-order valence-corrected chi connectivity index (χ1v) is 6.30. The molecule has 1 aromatic rings. The van der Waals surface area contributed by atoms with Crippen LogP contribution >= 0.6 is 0 Å². The maximum atomic E-state index is 5.82. The summed E-state index contributed by atoms with van der Waals surface area (Å²) in [6.07, 6.45) is 2.78. The normalized spacial score (nSPS) is 10.6. The van der Waals surface area contributed by atoms with Gasteiger partial charge in [-0.2, -0.15) is 0 Å². The lowest BCUT2D eigenvalue weighted by Crippen LogP contribution is -2.89. The van der Waals surface area contributed by atoms with E-state index in [2.05, 4.69) is 50.9 Å². The van der Waals surface area contributed by atoms with Crippen LogP contribution in [0.3, 0.4) is 0 Å². The molecule has 0 saturated heterocycles. The van der Waals surface area contributed by atoms with Gasteiger partial charge in [-0.15, -0.1) is 6.58 Å². The van der Waals surface area contributed by atoms with Crippen LogP contribution in [0.5, 0.6) is 5.75 Å². The Morgan fingerprint density at radius 2 is 2.18 bits per heavy atom. The molecule has 0 bridgehead atoms. The zero-order valence-electron chi connectivity index (χ0n) is 11.2. The largest absolute Gasteiger partial charge is 0.487 e. The molecule has 0 spiro atoms. The highest BCUT2D eigenvalue weighted by Crippen LogP contribution is 2.20. The van der Waals surface area contributed by atoms with Gasteiger partial charge in [0.05, 0.1) is 6.04 Å². The van der Waals surface area contributed by atoms with Crippen molar-refractivity contribution in [3.63, 3.8) is 0 Å². The van der Waals surface area contributed by atoms with E-state index in [4.69, 9.17) is 4.74 Å². The van der Waals surface area contributed by atoms with Gasteiger partial charge in [0, 0.05) is 0 Å². The highest BCUT2D eigenvalue weighted by molar-refractivity contribution is 5.38. The molecule has 1 rings (SSSR count). The Bertz CT molecular complexity index is 358. The molecule has 0 amide bonds. The minimum atomic E-state index is 0.629. The third-order valence-corrected chi connectivity index (χ3v) is 2.59. The van der Waals surface area contributed by atoms with Gasteiger partial charge in [0.1, 0.15) is 18.9 Å². The molecule has 2 N–H and O–H groups in total. The van der Waals surface area contributed by atoms with Crippen LogP contribution < -0.4 is 10.1 Å². The van der Waals surface area contributed by atoms with Gasteiger partial charge in [-0.3, -0.25) is 0 Å². The Morgan fingerprint density at radius 1 is 1.41 bits per heavy atom. The Morgan fingerprint density at radius 3 is 2.82 bits per heavy atom. The second kappa shape index (κ2) is 7.13. The number of benzene rings is 1. The molecule has 0 fully saturated rings. The Kier molecular flexibility index (Phi) is 5.78. The van der Waals surface area contributed by atoms with Crippen LogP contribution in [-0.4, -0.2) is 19.2 Å².